The molecule has 20 heavy (non-hydrogen) atoms. The molecule has 0 bridgehead atoms. The van der Waals surface area contributed by atoms with Gasteiger partial charge in [-0.1, -0.05) is 29.8 Å². The van der Waals surface area contributed by atoms with Crippen molar-refractivity contribution in [1.29, 1.82) is 0 Å². The monoisotopic (exact) mass is 276 g/mol. The second-order valence-corrected chi connectivity index (χ2v) is 5.26. The molecule has 0 spiro atoms. The van der Waals surface area contributed by atoms with Crippen molar-refractivity contribution in [1.82, 2.24) is 9.80 Å². The molecule has 1 aromatic rings. The number of nitrogens with two attached hydrogens (primary N) is 1. The maximum atomic E-state index is 6.05. The summed E-state index contributed by atoms with van der Waals surface area (Å²) in [5.74, 6) is 0.633. The Bertz CT molecular complexity index is 419. The van der Waals surface area contributed by atoms with E-state index in [1.807, 2.05) is 0 Å². The van der Waals surface area contributed by atoms with E-state index in [1.54, 1.807) is 0 Å². The van der Waals surface area contributed by atoms with Crippen LogP contribution in [0, 0.1) is 6.92 Å². The molecule has 0 aliphatic heterocycles. The van der Waals surface area contributed by atoms with Crippen molar-refractivity contribution in [2.75, 3.05) is 33.7 Å². The molecule has 4 heteroatoms. The highest BCUT2D eigenvalue weighted by Gasteiger charge is 2.14. The molecule has 0 saturated carbocycles. The summed E-state index contributed by atoms with van der Waals surface area (Å²) in [4.78, 5) is 8.82. The second-order valence-electron chi connectivity index (χ2n) is 5.26. The second kappa shape index (κ2) is 7.90. The molecule has 0 radical (unpaired) electrons. The lowest BCUT2D eigenvalue weighted by Crippen LogP contribution is -2.37. The Morgan fingerprint density at radius 2 is 1.70 bits per heavy atom. The average molecular weight is 276 g/mol. The van der Waals surface area contributed by atoms with Gasteiger partial charge < -0.3 is 15.5 Å². The van der Waals surface area contributed by atoms with Crippen molar-refractivity contribution >= 4 is 5.96 Å². The van der Waals surface area contributed by atoms with Gasteiger partial charge in [-0.05, 0) is 40.4 Å². The SMILES string of the molecule is CCN(CC)C(N)=NCC(c1ccc(C)cc1)N(C)C. The predicted octanol–water partition coefficient (Wildman–Crippen LogP) is 2.25. The van der Waals surface area contributed by atoms with Crippen LogP contribution in [0.25, 0.3) is 0 Å². The number of hydrogen-bond acceptors (Lipinski definition) is 2. The lowest BCUT2D eigenvalue weighted by molar-refractivity contribution is 0.305. The highest BCUT2D eigenvalue weighted by atomic mass is 15.2. The molecule has 1 rings (SSSR count). The molecule has 1 atom stereocenters. The van der Waals surface area contributed by atoms with Crippen LogP contribution < -0.4 is 5.73 Å². The minimum atomic E-state index is 0.254. The summed E-state index contributed by atoms with van der Waals surface area (Å²) in [6.07, 6.45) is 0. The third-order valence-electron chi connectivity index (χ3n) is 3.60. The number of aryl methyl sites for hydroxylation is 1. The number of rotatable bonds is 6. The fourth-order valence-electron chi connectivity index (χ4n) is 2.18. The van der Waals surface area contributed by atoms with Crippen molar-refractivity contribution < 1.29 is 0 Å². The minimum absolute atomic E-state index is 0.254. The predicted molar refractivity (Wildman–Crippen MR) is 87.0 cm³/mol. The summed E-state index contributed by atoms with van der Waals surface area (Å²) in [7, 11) is 4.15. The Labute approximate surface area is 123 Å². The smallest absolute Gasteiger partial charge is 0.191 e. The average Bonchev–Trinajstić information content (AvgIpc) is 2.42. The van der Waals surface area contributed by atoms with E-state index in [0.29, 0.717) is 12.5 Å². The van der Waals surface area contributed by atoms with Gasteiger partial charge in [0.05, 0.1) is 12.6 Å². The van der Waals surface area contributed by atoms with Crippen LogP contribution in [0.3, 0.4) is 0 Å². The molecule has 0 saturated heterocycles. The number of hydrogen-bond donors (Lipinski definition) is 1. The number of benzene rings is 1. The van der Waals surface area contributed by atoms with E-state index in [0.717, 1.165) is 13.1 Å². The van der Waals surface area contributed by atoms with E-state index in [-0.39, 0.29) is 6.04 Å². The summed E-state index contributed by atoms with van der Waals surface area (Å²) in [6, 6.07) is 8.88. The van der Waals surface area contributed by atoms with Crippen LogP contribution in [-0.2, 0) is 0 Å². The molecule has 1 unspecified atom stereocenters. The Kier molecular flexibility index (Phi) is 6.52. The summed E-state index contributed by atoms with van der Waals surface area (Å²) >= 11 is 0. The lowest BCUT2D eigenvalue weighted by Gasteiger charge is -2.25. The first-order valence-corrected chi connectivity index (χ1v) is 7.27. The Balaban J connectivity index is 2.83. The molecular formula is C16H28N4. The topological polar surface area (TPSA) is 44.9 Å². The minimum Gasteiger partial charge on any atom is -0.370 e. The van der Waals surface area contributed by atoms with Crippen LogP contribution in [0.2, 0.25) is 0 Å². The van der Waals surface area contributed by atoms with Gasteiger partial charge in [-0.15, -0.1) is 0 Å². The van der Waals surface area contributed by atoms with Crippen LogP contribution in [-0.4, -0.2) is 49.5 Å². The van der Waals surface area contributed by atoms with Gasteiger partial charge in [0.25, 0.3) is 0 Å². The zero-order chi connectivity index (χ0) is 15.1. The van der Waals surface area contributed by atoms with Crippen LogP contribution in [0.4, 0.5) is 0 Å². The fraction of sp³-hybridized carbons (Fsp3) is 0.562. The van der Waals surface area contributed by atoms with Gasteiger partial charge in [-0.25, -0.2) is 0 Å². The molecule has 0 fully saturated rings. The van der Waals surface area contributed by atoms with E-state index < -0.39 is 0 Å². The third kappa shape index (κ3) is 4.53. The molecule has 2 N–H and O–H groups in total. The maximum absolute atomic E-state index is 6.05. The van der Waals surface area contributed by atoms with Gasteiger partial charge >= 0.3 is 0 Å². The van der Waals surface area contributed by atoms with Crippen molar-refractivity contribution in [3.63, 3.8) is 0 Å². The molecule has 0 aliphatic rings. The lowest BCUT2D eigenvalue weighted by atomic mass is 10.0. The van der Waals surface area contributed by atoms with Gasteiger partial charge in [-0.3, -0.25) is 4.99 Å². The zero-order valence-corrected chi connectivity index (χ0v) is 13.4. The molecular weight excluding hydrogens is 248 g/mol. The zero-order valence-electron chi connectivity index (χ0n) is 13.4. The molecule has 0 heterocycles. The van der Waals surface area contributed by atoms with Gasteiger partial charge in [-0.2, -0.15) is 0 Å². The van der Waals surface area contributed by atoms with Crippen molar-refractivity contribution in [2.24, 2.45) is 10.7 Å². The van der Waals surface area contributed by atoms with Crippen LogP contribution in [0.1, 0.15) is 31.0 Å². The summed E-state index contributed by atoms with van der Waals surface area (Å²) < 4.78 is 0. The Morgan fingerprint density at radius 3 is 2.15 bits per heavy atom. The molecule has 0 amide bonds. The molecule has 0 aliphatic carbocycles. The first-order valence-electron chi connectivity index (χ1n) is 7.27. The van der Waals surface area contributed by atoms with Gasteiger partial charge in [0, 0.05) is 13.1 Å². The quantitative estimate of drug-likeness (QED) is 0.640. The summed E-state index contributed by atoms with van der Waals surface area (Å²) in [5, 5.41) is 0. The van der Waals surface area contributed by atoms with E-state index >= 15 is 0 Å². The Hall–Kier alpha value is -1.55. The van der Waals surface area contributed by atoms with E-state index in [4.69, 9.17) is 5.73 Å². The highest BCUT2D eigenvalue weighted by Crippen LogP contribution is 2.19. The standard InChI is InChI=1S/C16H28N4/c1-6-20(7-2)16(17)18-12-15(19(4)5)14-10-8-13(3)9-11-14/h8-11,15H,6-7,12H2,1-5H3,(H2,17,18). The van der Waals surface area contributed by atoms with Gasteiger partial charge in [0.2, 0.25) is 0 Å². The number of aliphatic imine (C=N–C) groups is 1. The summed E-state index contributed by atoms with van der Waals surface area (Å²) in [6.45, 7) is 8.75. The summed E-state index contributed by atoms with van der Waals surface area (Å²) in [5.41, 5.74) is 8.60. The number of nitrogens with zero attached hydrogens (tertiary/aromatic N) is 3. The maximum Gasteiger partial charge on any atom is 0.191 e. The first-order chi connectivity index (χ1) is 9.49. The largest absolute Gasteiger partial charge is 0.370 e. The van der Waals surface area contributed by atoms with Crippen LogP contribution in [0.15, 0.2) is 29.3 Å². The van der Waals surface area contributed by atoms with Crippen molar-refractivity contribution in [3.05, 3.63) is 35.4 Å². The molecule has 112 valence electrons. The molecule has 4 nitrogen and oxygen atoms in total. The number of guanidine groups is 1. The van der Waals surface area contributed by atoms with E-state index in [1.165, 1.54) is 11.1 Å². The normalized spacial score (nSPS) is 13.6. The first kappa shape index (κ1) is 16.5. The van der Waals surface area contributed by atoms with E-state index in [2.05, 4.69) is 73.9 Å². The van der Waals surface area contributed by atoms with Crippen molar-refractivity contribution in [2.45, 2.75) is 26.8 Å². The van der Waals surface area contributed by atoms with Gasteiger partial charge in [0.1, 0.15) is 0 Å². The van der Waals surface area contributed by atoms with Gasteiger partial charge in [0.15, 0.2) is 5.96 Å². The van der Waals surface area contributed by atoms with Crippen LogP contribution in [0.5, 0.6) is 0 Å². The van der Waals surface area contributed by atoms with Crippen LogP contribution >= 0.6 is 0 Å². The van der Waals surface area contributed by atoms with Crippen molar-refractivity contribution in [3.8, 4) is 0 Å². The molecule has 0 aromatic heterocycles. The number of likely N-dealkylation sites (N-methyl/N-ethyl adjacent to an activating group) is 1. The van der Waals surface area contributed by atoms with E-state index in [9.17, 15) is 0 Å². The fourth-order valence-corrected chi connectivity index (χ4v) is 2.18. The highest BCUT2D eigenvalue weighted by molar-refractivity contribution is 5.78. The third-order valence-corrected chi connectivity index (χ3v) is 3.60. The molecule has 1 aromatic carbocycles. The Morgan fingerprint density at radius 1 is 1.15 bits per heavy atom.